The largest absolute Gasteiger partial charge is 0.481 e. The van der Waals surface area contributed by atoms with Gasteiger partial charge < -0.3 is 20.1 Å². The molecule has 1 unspecified atom stereocenters. The van der Waals surface area contributed by atoms with Crippen LogP contribution in [0, 0.1) is 11.8 Å². The molecule has 2 amide bonds. The molecule has 2 aromatic rings. The Bertz CT molecular complexity index is 1000. The number of carboxylic acids is 1. The summed E-state index contributed by atoms with van der Waals surface area (Å²) in [6, 6.07) is 16.4. The molecular weight excluding hydrogens is 432 g/mol. The Morgan fingerprint density at radius 3 is 2.26 bits per heavy atom. The van der Waals surface area contributed by atoms with Crippen LogP contribution in [0.1, 0.15) is 49.7 Å². The Hall–Kier alpha value is -3.35. The number of carbonyl (C=O) groups is 3. The average molecular weight is 465 g/mol. The monoisotopic (exact) mass is 464 g/mol. The number of alkyl carbamates (subject to hydrolysis) is 1. The summed E-state index contributed by atoms with van der Waals surface area (Å²) in [5.74, 6) is -0.841. The van der Waals surface area contributed by atoms with Crippen LogP contribution >= 0.6 is 0 Å². The van der Waals surface area contributed by atoms with Crippen LogP contribution in [0.2, 0.25) is 0 Å². The van der Waals surface area contributed by atoms with Crippen LogP contribution in [0.3, 0.4) is 0 Å². The summed E-state index contributed by atoms with van der Waals surface area (Å²) in [5, 5.41) is 11.6. The Morgan fingerprint density at radius 1 is 1.06 bits per heavy atom. The first-order chi connectivity index (χ1) is 16.5. The van der Waals surface area contributed by atoms with Gasteiger partial charge in [0.25, 0.3) is 0 Å². The normalized spacial score (nSPS) is 15.7. The number of ether oxygens (including phenoxy) is 1. The van der Waals surface area contributed by atoms with Crippen molar-refractivity contribution in [3.8, 4) is 11.1 Å². The van der Waals surface area contributed by atoms with Crippen LogP contribution in [0.4, 0.5) is 4.79 Å². The Kier molecular flexibility index (Phi) is 7.50. The summed E-state index contributed by atoms with van der Waals surface area (Å²) in [7, 11) is 0. The third-order valence-corrected chi connectivity index (χ3v) is 6.86. The summed E-state index contributed by atoms with van der Waals surface area (Å²) in [5.41, 5.74) is 4.67. The quantitative estimate of drug-likeness (QED) is 0.548. The molecule has 1 aliphatic heterocycles. The van der Waals surface area contributed by atoms with E-state index in [1.54, 1.807) is 4.90 Å². The second-order valence-electron chi connectivity index (χ2n) is 9.23. The van der Waals surface area contributed by atoms with Crippen molar-refractivity contribution >= 4 is 18.0 Å². The van der Waals surface area contributed by atoms with Crippen LogP contribution in [-0.2, 0) is 14.3 Å². The Balaban J connectivity index is 1.27. The first kappa shape index (κ1) is 23.8. The molecule has 2 N–H and O–H groups in total. The fourth-order valence-electron chi connectivity index (χ4n) is 5.04. The highest BCUT2D eigenvalue weighted by molar-refractivity contribution is 5.81. The van der Waals surface area contributed by atoms with Gasteiger partial charge in [-0.1, -0.05) is 61.9 Å². The Labute approximate surface area is 200 Å². The molecule has 7 heteroatoms. The molecule has 0 saturated carbocycles. The van der Waals surface area contributed by atoms with Crippen LogP contribution in [-0.4, -0.2) is 54.2 Å². The van der Waals surface area contributed by atoms with Crippen molar-refractivity contribution in [1.29, 1.82) is 0 Å². The SMILES string of the molecule is CCCC(CNC(=O)OCC1c2ccccc2-c2ccccc21)C(=O)N1CC(CCC(=O)O)C1. The fraction of sp³-hybridized carbons (Fsp3) is 0.444. The van der Waals surface area contributed by atoms with Crippen LogP contribution in [0.25, 0.3) is 11.1 Å². The second kappa shape index (κ2) is 10.7. The highest BCUT2D eigenvalue weighted by atomic mass is 16.5. The third-order valence-electron chi connectivity index (χ3n) is 6.86. The van der Waals surface area contributed by atoms with Gasteiger partial charge in [0.15, 0.2) is 0 Å². The van der Waals surface area contributed by atoms with E-state index in [1.165, 1.54) is 11.1 Å². The molecule has 0 aromatic heterocycles. The van der Waals surface area contributed by atoms with Gasteiger partial charge in [-0.15, -0.1) is 0 Å². The predicted octanol–water partition coefficient (Wildman–Crippen LogP) is 4.26. The summed E-state index contributed by atoms with van der Waals surface area (Å²) < 4.78 is 5.59. The third kappa shape index (κ3) is 5.24. The number of benzene rings is 2. The maximum absolute atomic E-state index is 12.9. The lowest BCUT2D eigenvalue weighted by molar-refractivity contribution is -0.142. The van der Waals surface area contributed by atoms with Crippen molar-refractivity contribution in [1.82, 2.24) is 10.2 Å². The van der Waals surface area contributed by atoms with E-state index in [4.69, 9.17) is 9.84 Å². The maximum atomic E-state index is 12.9. The molecule has 2 aliphatic rings. The molecule has 1 heterocycles. The van der Waals surface area contributed by atoms with E-state index in [9.17, 15) is 14.4 Å². The number of likely N-dealkylation sites (tertiary alicyclic amines) is 1. The first-order valence-electron chi connectivity index (χ1n) is 12.1. The van der Waals surface area contributed by atoms with Gasteiger partial charge in [-0.25, -0.2) is 4.79 Å². The summed E-state index contributed by atoms with van der Waals surface area (Å²) in [4.78, 5) is 37.9. The van der Waals surface area contributed by atoms with Crippen LogP contribution in [0.5, 0.6) is 0 Å². The lowest BCUT2D eigenvalue weighted by Crippen LogP contribution is -2.53. The van der Waals surface area contributed by atoms with E-state index >= 15 is 0 Å². The average Bonchev–Trinajstić information content (AvgIpc) is 3.12. The lowest BCUT2D eigenvalue weighted by Gasteiger charge is -2.41. The van der Waals surface area contributed by atoms with Crippen molar-refractivity contribution < 1.29 is 24.2 Å². The van der Waals surface area contributed by atoms with E-state index in [0.29, 0.717) is 25.9 Å². The van der Waals surface area contributed by atoms with E-state index in [2.05, 4.69) is 29.6 Å². The van der Waals surface area contributed by atoms with Crippen molar-refractivity contribution in [2.45, 2.75) is 38.5 Å². The number of rotatable bonds is 10. The van der Waals surface area contributed by atoms with E-state index in [1.807, 2.05) is 31.2 Å². The molecule has 0 spiro atoms. The summed E-state index contributed by atoms with van der Waals surface area (Å²) >= 11 is 0. The Morgan fingerprint density at radius 2 is 1.68 bits per heavy atom. The molecule has 0 radical (unpaired) electrons. The van der Waals surface area contributed by atoms with Crippen molar-refractivity contribution in [2.24, 2.45) is 11.8 Å². The van der Waals surface area contributed by atoms with Gasteiger partial charge in [-0.3, -0.25) is 9.59 Å². The molecular formula is C27H32N2O5. The fourth-order valence-corrected chi connectivity index (χ4v) is 5.04. The van der Waals surface area contributed by atoms with Gasteiger partial charge in [-0.2, -0.15) is 0 Å². The highest BCUT2D eigenvalue weighted by Gasteiger charge is 2.34. The molecule has 1 aliphatic carbocycles. The highest BCUT2D eigenvalue weighted by Crippen LogP contribution is 2.44. The first-order valence-corrected chi connectivity index (χ1v) is 12.1. The number of aliphatic carboxylic acids is 1. The van der Waals surface area contributed by atoms with Gasteiger partial charge in [0, 0.05) is 32.0 Å². The number of nitrogens with one attached hydrogen (secondary N) is 1. The topological polar surface area (TPSA) is 95.9 Å². The van der Waals surface area contributed by atoms with Gasteiger partial charge in [-0.05, 0) is 41.0 Å². The van der Waals surface area contributed by atoms with E-state index < -0.39 is 12.1 Å². The molecule has 1 fully saturated rings. The lowest BCUT2D eigenvalue weighted by atomic mass is 9.91. The van der Waals surface area contributed by atoms with Crippen LogP contribution in [0.15, 0.2) is 48.5 Å². The standard InChI is InChI=1S/C27H32N2O5/c1-2-7-19(26(32)29-15-18(16-29)12-13-25(30)31)14-28-27(33)34-17-24-22-10-5-3-8-20(22)21-9-4-6-11-23(21)24/h3-6,8-11,18-19,24H,2,7,12-17H2,1H3,(H,28,33)(H,30,31). The molecule has 2 aromatic carbocycles. The second-order valence-corrected chi connectivity index (χ2v) is 9.23. The number of fused-ring (bicyclic) bond motifs is 3. The van der Waals surface area contributed by atoms with E-state index in [0.717, 1.165) is 17.5 Å². The van der Waals surface area contributed by atoms with Crippen molar-refractivity contribution in [3.63, 3.8) is 0 Å². The minimum Gasteiger partial charge on any atom is -0.481 e. The minimum atomic E-state index is -0.805. The molecule has 4 rings (SSSR count). The number of amides is 2. The zero-order valence-electron chi connectivity index (χ0n) is 19.5. The van der Waals surface area contributed by atoms with Gasteiger partial charge in [0.05, 0.1) is 5.92 Å². The molecule has 1 saturated heterocycles. The van der Waals surface area contributed by atoms with Gasteiger partial charge in [0.1, 0.15) is 6.61 Å². The molecule has 7 nitrogen and oxygen atoms in total. The number of carbonyl (C=O) groups excluding carboxylic acids is 2. The zero-order chi connectivity index (χ0) is 24.1. The van der Waals surface area contributed by atoms with Crippen molar-refractivity contribution in [3.05, 3.63) is 59.7 Å². The molecule has 0 bridgehead atoms. The van der Waals surface area contributed by atoms with Crippen LogP contribution < -0.4 is 5.32 Å². The smallest absolute Gasteiger partial charge is 0.407 e. The number of hydrogen-bond acceptors (Lipinski definition) is 4. The number of carboxylic acid groups (broad SMARTS) is 1. The summed E-state index contributed by atoms with van der Waals surface area (Å²) in [6.45, 7) is 3.68. The predicted molar refractivity (Wildman–Crippen MR) is 128 cm³/mol. The molecule has 34 heavy (non-hydrogen) atoms. The summed E-state index contributed by atoms with van der Waals surface area (Å²) in [6.07, 6.45) is 1.72. The molecule has 180 valence electrons. The van der Waals surface area contributed by atoms with E-state index in [-0.39, 0.29) is 43.2 Å². The number of nitrogens with zero attached hydrogens (tertiary/aromatic N) is 1. The molecule has 1 atom stereocenters. The van der Waals surface area contributed by atoms with Gasteiger partial charge in [0.2, 0.25) is 5.91 Å². The van der Waals surface area contributed by atoms with Crippen molar-refractivity contribution in [2.75, 3.05) is 26.2 Å². The number of hydrogen-bond donors (Lipinski definition) is 2. The minimum absolute atomic E-state index is 0.00459. The maximum Gasteiger partial charge on any atom is 0.407 e. The van der Waals surface area contributed by atoms with Gasteiger partial charge >= 0.3 is 12.1 Å². The zero-order valence-corrected chi connectivity index (χ0v) is 19.5.